The van der Waals surface area contributed by atoms with Gasteiger partial charge in [-0.25, -0.2) is 0 Å². The molecule has 0 aromatic heterocycles. The fraction of sp³-hybridized carbons (Fsp3) is 0.200. The second-order valence-electron chi connectivity index (χ2n) is 2.73. The van der Waals surface area contributed by atoms with Crippen LogP contribution in [0.1, 0.15) is 16.8 Å². The number of hydrogen-bond donors (Lipinski definition) is 0. The number of Topliss-reactive ketones (excluding diaryl/α,β-unsaturated/α-hetero) is 1. The molecule has 3 nitrogen and oxygen atoms in total. The number of hydrogen-bond acceptors (Lipinski definition) is 3. The summed E-state index contributed by atoms with van der Waals surface area (Å²) in [6.45, 7) is 0. The molecule has 0 spiro atoms. The van der Waals surface area contributed by atoms with Gasteiger partial charge in [0.2, 0.25) is 0 Å². The summed E-state index contributed by atoms with van der Waals surface area (Å²) in [5.74, 6) is -0.0885. The SMILES string of the molecule is CO/N=C/CC(=O)c1ccc(Cl)c(Cl)c1. The molecule has 0 heterocycles. The first kappa shape index (κ1) is 12.0. The smallest absolute Gasteiger partial charge is 0.168 e. The molecule has 0 saturated carbocycles. The Balaban J connectivity index is 2.74. The number of carbonyl (C=O) groups excluding carboxylic acids is 1. The van der Waals surface area contributed by atoms with Crippen molar-refractivity contribution in [3.8, 4) is 0 Å². The molecule has 1 aromatic rings. The van der Waals surface area contributed by atoms with Crippen LogP contribution in [-0.2, 0) is 4.84 Å². The van der Waals surface area contributed by atoms with Gasteiger partial charge in [0.15, 0.2) is 5.78 Å². The van der Waals surface area contributed by atoms with Gasteiger partial charge in [-0.15, -0.1) is 0 Å². The highest BCUT2D eigenvalue weighted by Crippen LogP contribution is 2.22. The van der Waals surface area contributed by atoms with Crippen molar-refractivity contribution in [1.29, 1.82) is 0 Å². The molecule has 0 saturated heterocycles. The molecule has 0 unspecified atom stereocenters. The van der Waals surface area contributed by atoms with Gasteiger partial charge in [0.25, 0.3) is 0 Å². The van der Waals surface area contributed by atoms with Crippen molar-refractivity contribution in [2.75, 3.05) is 7.11 Å². The Hall–Kier alpha value is -1.06. The lowest BCUT2D eigenvalue weighted by Crippen LogP contribution is -1.99. The van der Waals surface area contributed by atoms with Crippen molar-refractivity contribution in [3.05, 3.63) is 33.8 Å². The third-order valence-corrected chi connectivity index (χ3v) is 2.44. The van der Waals surface area contributed by atoms with Gasteiger partial charge in [0.1, 0.15) is 7.11 Å². The Kier molecular flexibility index (Phi) is 4.59. The predicted octanol–water partition coefficient (Wildman–Crippen LogP) is 3.20. The van der Waals surface area contributed by atoms with Crippen molar-refractivity contribution in [2.45, 2.75) is 6.42 Å². The topological polar surface area (TPSA) is 38.7 Å². The van der Waals surface area contributed by atoms with E-state index in [-0.39, 0.29) is 12.2 Å². The third kappa shape index (κ3) is 3.53. The van der Waals surface area contributed by atoms with Crippen LogP contribution < -0.4 is 0 Å². The van der Waals surface area contributed by atoms with E-state index in [0.29, 0.717) is 15.6 Å². The van der Waals surface area contributed by atoms with E-state index < -0.39 is 0 Å². The third-order valence-electron chi connectivity index (χ3n) is 1.70. The van der Waals surface area contributed by atoms with Gasteiger partial charge in [0.05, 0.1) is 16.3 Å². The molecule has 0 aliphatic carbocycles. The Labute approximate surface area is 97.6 Å². The second kappa shape index (κ2) is 5.73. The molecular formula is C10H9Cl2NO2. The first-order valence-electron chi connectivity index (χ1n) is 4.18. The number of oxime groups is 1. The zero-order chi connectivity index (χ0) is 11.3. The number of rotatable bonds is 4. The van der Waals surface area contributed by atoms with Gasteiger partial charge >= 0.3 is 0 Å². The van der Waals surface area contributed by atoms with Crippen LogP contribution in [0.15, 0.2) is 23.4 Å². The van der Waals surface area contributed by atoms with Crippen LogP contribution in [0.4, 0.5) is 0 Å². The fourth-order valence-electron chi connectivity index (χ4n) is 0.982. The molecule has 0 fully saturated rings. The summed E-state index contributed by atoms with van der Waals surface area (Å²) in [6, 6.07) is 4.74. The number of ketones is 1. The lowest BCUT2D eigenvalue weighted by Gasteiger charge is -1.99. The lowest BCUT2D eigenvalue weighted by atomic mass is 10.1. The van der Waals surface area contributed by atoms with Crippen LogP contribution >= 0.6 is 23.2 Å². The molecule has 0 aliphatic rings. The molecular weight excluding hydrogens is 237 g/mol. The minimum Gasteiger partial charge on any atom is -0.399 e. The van der Waals surface area contributed by atoms with E-state index in [0.717, 1.165) is 0 Å². The van der Waals surface area contributed by atoms with Crippen molar-refractivity contribution in [3.63, 3.8) is 0 Å². The highest BCUT2D eigenvalue weighted by molar-refractivity contribution is 6.42. The predicted molar refractivity (Wildman–Crippen MR) is 60.9 cm³/mol. The maximum Gasteiger partial charge on any atom is 0.168 e. The number of benzene rings is 1. The lowest BCUT2D eigenvalue weighted by molar-refractivity contribution is 0.1000. The van der Waals surface area contributed by atoms with Crippen molar-refractivity contribution < 1.29 is 9.63 Å². The summed E-state index contributed by atoms with van der Waals surface area (Å²) in [4.78, 5) is 16.0. The Bertz CT molecular complexity index is 391. The van der Waals surface area contributed by atoms with Crippen LogP contribution in [-0.4, -0.2) is 19.1 Å². The van der Waals surface area contributed by atoms with E-state index in [1.54, 1.807) is 12.1 Å². The van der Waals surface area contributed by atoms with Crippen LogP contribution in [0.3, 0.4) is 0 Å². The maximum atomic E-state index is 11.5. The van der Waals surface area contributed by atoms with Gasteiger partial charge in [-0.05, 0) is 18.2 Å². The molecule has 5 heteroatoms. The van der Waals surface area contributed by atoms with Crippen molar-refractivity contribution in [1.82, 2.24) is 0 Å². The molecule has 1 aromatic carbocycles. The van der Waals surface area contributed by atoms with E-state index in [4.69, 9.17) is 23.2 Å². The largest absolute Gasteiger partial charge is 0.399 e. The summed E-state index contributed by atoms with van der Waals surface area (Å²) in [5, 5.41) is 4.27. The first-order valence-corrected chi connectivity index (χ1v) is 4.94. The standard InChI is InChI=1S/C10H9Cl2NO2/c1-15-13-5-4-10(14)7-2-3-8(11)9(12)6-7/h2-3,5-6H,4H2,1H3/b13-5+. The zero-order valence-corrected chi connectivity index (χ0v) is 9.55. The summed E-state index contributed by atoms with van der Waals surface area (Å²) < 4.78 is 0. The molecule has 15 heavy (non-hydrogen) atoms. The van der Waals surface area contributed by atoms with Crippen LogP contribution in [0.5, 0.6) is 0 Å². The average molecular weight is 246 g/mol. The maximum absolute atomic E-state index is 11.5. The molecule has 0 radical (unpaired) electrons. The van der Waals surface area contributed by atoms with E-state index in [1.165, 1.54) is 19.4 Å². The van der Waals surface area contributed by atoms with E-state index in [9.17, 15) is 4.79 Å². The highest BCUT2D eigenvalue weighted by Gasteiger charge is 2.06. The highest BCUT2D eigenvalue weighted by atomic mass is 35.5. The monoisotopic (exact) mass is 245 g/mol. The molecule has 0 bridgehead atoms. The Morgan fingerprint density at radius 1 is 1.47 bits per heavy atom. The Morgan fingerprint density at radius 3 is 2.80 bits per heavy atom. The van der Waals surface area contributed by atoms with Gasteiger partial charge < -0.3 is 4.84 Å². The van der Waals surface area contributed by atoms with Crippen LogP contribution in [0.25, 0.3) is 0 Å². The quantitative estimate of drug-likeness (QED) is 0.464. The summed E-state index contributed by atoms with van der Waals surface area (Å²) in [6.07, 6.45) is 1.57. The zero-order valence-electron chi connectivity index (χ0n) is 8.04. The first-order chi connectivity index (χ1) is 7.15. The summed E-state index contributed by atoms with van der Waals surface area (Å²) >= 11 is 11.5. The molecule has 80 valence electrons. The van der Waals surface area contributed by atoms with Crippen molar-refractivity contribution >= 4 is 35.2 Å². The number of carbonyl (C=O) groups is 1. The van der Waals surface area contributed by atoms with Gasteiger partial charge in [-0.1, -0.05) is 28.4 Å². The van der Waals surface area contributed by atoms with Crippen LogP contribution in [0, 0.1) is 0 Å². The Morgan fingerprint density at radius 2 is 2.20 bits per heavy atom. The molecule has 0 amide bonds. The van der Waals surface area contributed by atoms with E-state index >= 15 is 0 Å². The van der Waals surface area contributed by atoms with E-state index in [1.807, 2.05) is 0 Å². The van der Waals surface area contributed by atoms with Crippen molar-refractivity contribution in [2.24, 2.45) is 5.16 Å². The minimum absolute atomic E-state index is 0.0885. The van der Waals surface area contributed by atoms with Gasteiger partial charge in [0, 0.05) is 12.0 Å². The van der Waals surface area contributed by atoms with E-state index in [2.05, 4.69) is 9.99 Å². The molecule has 0 atom stereocenters. The van der Waals surface area contributed by atoms with Gasteiger partial charge in [-0.2, -0.15) is 0 Å². The summed E-state index contributed by atoms with van der Waals surface area (Å²) in [7, 11) is 1.42. The average Bonchev–Trinajstić information content (AvgIpc) is 2.22. The second-order valence-corrected chi connectivity index (χ2v) is 3.54. The van der Waals surface area contributed by atoms with Crippen LogP contribution in [0.2, 0.25) is 10.0 Å². The fourth-order valence-corrected chi connectivity index (χ4v) is 1.28. The minimum atomic E-state index is -0.0885. The number of halogens is 2. The molecule has 0 aliphatic heterocycles. The number of nitrogens with zero attached hydrogens (tertiary/aromatic N) is 1. The molecule has 0 N–H and O–H groups in total. The van der Waals surface area contributed by atoms with Gasteiger partial charge in [-0.3, -0.25) is 4.79 Å². The summed E-state index contributed by atoms with van der Waals surface area (Å²) in [5.41, 5.74) is 0.506. The molecule has 1 rings (SSSR count). The normalized spacial score (nSPS) is 10.6.